The van der Waals surface area contributed by atoms with Crippen LogP contribution in [-0.4, -0.2) is 57.0 Å². The second-order valence-corrected chi connectivity index (χ2v) is 6.80. The Kier molecular flexibility index (Phi) is 5.18. The Labute approximate surface area is 125 Å². The van der Waals surface area contributed by atoms with Gasteiger partial charge in [0.25, 0.3) is 0 Å². The molecule has 1 fully saturated rings. The zero-order valence-corrected chi connectivity index (χ0v) is 13.2. The molecule has 5 nitrogen and oxygen atoms in total. The third-order valence-electron chi connectivity index (χ3n) is 3.62. The van der Waals surface area contributed by atoms with E-state index >= 15 is 0 Å². The maximum atomic E-state index is 13.8. The molecule has 1 aliphatic heterocycles. The van der Waals surface area contributed by atoms with E-state index < -0.39 is 15.8 Å². The fraction of sp³-hybridized carbons (Fsp3) is 0.571. The van der Waals surface area contributed by atoms with Crippen LogP contribution in [0.4, 0.5) is 4.39 Å². The number of nitrogens with zero attached hydrogens (tertiary/aromatic N) is 2. The van der Waals surface area contributed by atoms with Gasteiger partial charge < -0.3 is 9.64 Å². The summed E-state index contributed by atoms with van der Waals surface area (Å²) in [4.78, 5) is 2.17. The molecule has 0 saturated carbocycles. The average Bonchev–Trinajstić information content (AvgIpc) is 2.49. The van der Waals surface area contributed by atoms with E-state index in [4.69, 9.17) is 4.74 Å². The van der Waals surface area contributed by atoms with Gasteiger partial charge in [0.2, 0.25) is 10.0 Å². The van der Waals surface area contributed by atoms with Crippen molar-refractivity contribution >= 4 is 10.0 Å². The Morgan fingerprint density at radius 3 is 2.38 bits per heavy atom. The van der Waals surface area contributed by atoms with Crippen molar-refractivity contribution in [3.05, 3.63) is 24.0 Å². The van der Waals surface area contributed by atoms with E-state index in [2.05, 4.69) is 4.90 Å². The fourth-order valence-corrected chi connectivity index (χ4v) is 3.78. The number of likely N-dealkylation sites (N-methyl/N-ethyl adjacent to an activating group) is 1. The lowest BCUT2D eigenvalue weighted by molar-refractivity contribution is 0.196. The third-order valence-corrected chi connectivity index (χ3v) is 5.51. The summed E-state index contributed by atoms with van der Waals surface area (Å²) in [5.74, 6) is -0.572. The average molecular weight is 316 g/mol. The van der Waals surface area contributed by atoms with Gasteiger partial charge in [-0.1, -0.05) is 6.92 Å². The topological polar surface area (TPSA) is 49.9 Å². The molecule has 0 N–H and O–H groups in total. The molecule has 0 aromatic heterocycles. The first-order valence-electron chi connectivity index (χ1n) is 7.14. The van der Waals surface area contributed by atoms with Crippen molar-refractivity contribution in [3.63, 3.8) is 0 Å². The Morgan fingerprint density at radius 1 is 1.19 bits per heavy atom. The lowest BCUT2D eigenvalue weighted by Gasteiger charge is -2.33. The van der Waals surface area contributed by atoms with Gasteiger partial charge in [-0.2, -0.15) is 4.31 Å². The molecule has 0 radical (unpaired) electrons. The van der Waals surface area contributed by atoms with Crippen LogP contribution >= 0.6 is 0 Å². The number of benzene rings is 1. The second-order valence-electron chi connectivity index (χ2n) is 4.86. The molecule has 0 aliphatic carbocycles. The summed E-state index contributed by atoms with van der Waals surface area (Å²) in [6.07, 6.45) is 0. The van der Waals surface area contributed by atoms with E-state index in [-0.39, 0.29) is 10.6 Å². The summed E-state index contributed by atoms with van der Waals surface area (Å²) in [6, 6.07) is 3.80. The van der Waals surface area contributed by atoms with E-state index in [0.29, 0.717) is 32.8 Å². The molecular weight excluding hydrogens is 295 g/mol. The number of halogens is 1. The second kappa shape index (κ2) is 6.72. The minimum Gasteiger partial charge on any atom is -0.491 e. The molecule has 1 aliphatic rings. The highest BCUT2D eigenvalue weighted by Crippen LogP contribution is 2.24. The molecule has 0 spiro atoms. The fourth-order valence-electron chi connectivity index (χ4n) is 2.35. The van der Waals surface area contributed by atoms with Crippen LogP contribution in [0.25, 0.3) is 0 Å². The van der Waals surface area contributed by atoms with Gasteiger partial charge >= 0.3 is 0 Å². The standard InChI is InChI=1S/C14H21FN2O3S/c1-3-16-7-9-17(10-8-16)21(18,19)12-5-6-14(20-4-2)13(15)11-12/h5-6,11H,3-4,7-10H2,1-2H3. The van der Waals surface area contributed by atoms with Crippen LogP contribution < -0.4 is 4.74 Å². The van der Waals surface area contributed by atoms with Gasteiger partial charge in [0, 0.05) is 26.2 Å². The highest BCUT2D eigenvalue weighted by atomic mass is 32.2. The first kappa shape index (κ1) is 16.2. The smallest absolute Gasteiger partial charge is 0.243 e. The zero-order valence-electron chi connectivity index (χ0n) is 12.4. The van der Waals surface area contributed by atoms with Crippen molar-refractivity contribution in [2.75, 3.05) is 39.3 Å². The molecule has 1 saturated heterocycles. The van der Waals surface area contributed by atoms with Crippen molar-refractivity contribution in [2.45, 2.75) is 18.7 Å². The Balaban J connectivity index is 2.18. The van der Waals surface area contributed by atoms with E-state index in [0.717, 1.165) is 12.6 Å². The molecule has 118 valence electrons. The van der Waals surface area contributed by atoms with Gasteiger partial charge in [-0.3, -0.25) is 0 Å². The van der Waals surface area contributed by atoms with Crippen LogP contribution in [0.3, 0.4) is 0 Å². The van der Waals surface area contributed by atoms with E-state index in [9.17, 15) is 12.8 Å². The highest BCUT2D eigenvalue weighted by molar-refractivity contribution is 7.89. The normalized spacial score (nSPS) is 17.9. The Hall–Kier alpha value is -1.18. The largest absolute Gasteiger partial charge is 0.491 e. The van der Waals surface area contributed by atoms with Crippen molar-refractivity contribution in [1.82, 2.24) is 9.21 Å². The lowest BCUT2D eigenvalue weighted by atomic mass is 10.3. The summed E-state index contributed by atoms with van der Waals surface area (Å²) in [7, 11) is -3.64. The van der Waals surface area contributed by atoms with Gasteiger partial charge in [0.15, 0.2) is 11.6 Å². The van der Waals surface area contributed by atoms with Crippen LogP contribution in [0, 0.1) is 5.82 Å². The maximum Gasteiger partial charge on any atom is 0.243 e. The quantitative estimate of drug-likeness (QED) is 0.827. The van der Waals surface area contributed by atoms with Gasteiger partial charge in [0.05, 0.1) is 11.5 Å². The zero-order chi connectivity index (χ0) is 15.5. The summed E-state index contributed by atoms with van der Waals surface area (Å²) in [5.41, 5.74) is 0. The molecule has 1 heterocycles. The number of piperazine rings is 1. The van der Waals surface area contributed by atoms with Crippen molar-refractivity contribution in [3.8, 4) is 5.75 Å². The van der Waals surface area contributed by atoms with Crippen molar-refractivity contribution < 1.29 is 17.5 Å². The Bertz CT molecular complexity index is 584. The minimum absolute atomic E-state index is 0.0200. The van der Waals surface area contributed by atoms with Crippen LogP contribution in [0.5, 0.6) is 5.75 Å². The molecule has 1 aromatic rings. The Morgan fingerprint density at radius 2 is 1.86 bits per heavy atom. The molecule has 0 amide bonds. The van der Waals surface area contributed by atoms with Gasteiger partial charge in [-0.15, -0.1) is 0 Å². The molecule has 0 bridgehead atoms. The number of ether oxygens (including phenoxy) is 1. The van der Waals surface area contributed by atoms with Crippen molar-refractivity contribution in [1.29, 1.82) is 0 Å². The first-order valence-corrected chi connectivity index (χ1v) is 8.58. The van der Waals surface area contributed by atoms with E-state index in [1.807, 2.05) is 6.92 Å². The third kappa shape index (κ3) is 3.53. The van der Waals surface area contributed by atoms with Crippen molar-refractivity contribution in [2.24, 2.45) is 0 Å². The molecule has 0 unspecified atom stereocenters. The van der Waals surface area contributed by atoms with Gasteiger partial charge in [-0.25, -0.2) is 12.8 Å². The predicted octanol–water partition coefficient (Wildman–Crippen LogP) is 1.55. The van der Waals surface area contributed by atoms with Crippen LogP contribution in [0.15, 0.2) is 23.1 Å². The molecule has 2 rings (SSSR count). The molecular formula is C14H21FN2O3S. The first-order chi connectivity index (χ1) is 9.98. The summed E-state index contributed by atoms with van der Waals surface area (Å²) >= 11 is 0. The minimum atomic E-state index is -3.64. The monoisotopic (exact) mass is 316 g/mol. The predicted molar refractivity (Wildman–Crippen MR) is 78.4 cm³/mol. The molecule has 21 heavy (non-hydrogen) atoms. The summed E-state index contributed by atoms with van der Waals surface area (Å²) < 4.78 is 45.3. The summed E-state index contributed by atoms with van der Waals surface area (Å²) in [6.45, 7) is 7.32. The molecule has 0 atom stereocenters. The number of sulfonamides is 1. The van der Waals surface area contributed by atoms with E-state index in [1.54, 1.807) is 6.92 Å². The highest BCUT2D eigenvalue weighted by Gasteiger charge is 2.28. The lowest BCUT2D eigenvalue weighted by Crippen LogP contribution is -2.48. The number of rotatable bonds is 5. The van der Waals surface area contributed by atoms with E-state index in [1.165, 1.54) is 16.4 Å². The molecule has 1 aromatic carbocycles. The van der Waals surface area contributed by atoms with Crippen LogP contribution in [0.1, 0.15) is 13.8 Å². The molecule has 7 heteroatoms. The SMILES string of the molecule is CCOc1ccc(S(=O)(=O)N2CCN(CC)CC2)cc1F. The number of hydrogen-bond acceptors (Lipinski definition) is 4. The maximum absolute atomic E-state index is 13.8. The van der Waals surface area contributed by atoms with Crippen LogP contribution in [-0.2, 0) is 10.0 Å². The van der Waals surface area contributed by atoms with Crippen LogP contribution in [0.2, 0.25) is 0 Å². The summed E-state index contributed by atoms with van der Waals surface area (Å²) in [5, 5.41) is 0. The number of hydrogen-bond donors (Lipinski definition) is 0. The van der Waals surface area contributed by atoms with Gasteiger partial charge in [0.1, 0.15) is 0 Å². The van der Waals surface area contributed by atoms with Gasteiger partial charge in [-0.05, 0) is 31.7 Å².